The van der Waals surface area contributed by atoms with E-state index >= 15 is 0 Å². The molecule has 5 fully saturated rings. The molecule has 0 spiro atoms. The number of thioether (sulfide) groups is 1. The number of carbonyl (C=O) groups is 1. The summed E-state index contributed by atoms with van der Waals surface area (Å²) in [7, 11) is 0. The van der Waals surface area contributed by atoms with E-state index in [2.05, 4.69) is 33.5 Å². The van der Waals surface area contributed by atoms with Crippen LogP contribution in [0.1, 0.15) is 83.5 Å². The molecule has 4 bridgehead atoms. The first-order valence-corrected chi connectivity index (χ1v) is 14.5. The molecule has 2 heterocycles. The third-order valence-electron chi connectivity index (χ3n) is 9.27. The monoisotopic (exact) mass is 496 g/mol. The van der Waals surface area contributed by atoms with E-state index in [-0.39, 0.29) is 22.5 Å². The zero-order chi connectivity index (χ0) is 24.2. The molecule has 188 valence electrons. The van der Waals surface area contributed by atoms with Crippen LogP contribution in [0.2, 0.25) is 0 Å². The van der Waals surface area contributed by atoms with Crippen LogP contribution in [0, 0.1) is 29.0 Å². The number of likely N-dealkylation sites (tertiary alicyclic amines) is 1. The zero-order valence-corrected chi connectivity index (χ0v) is 21.8. The third-order valence-corrected chi connectivity index (χ3v) is 10.3. The molecule has 4 aliphatic carbocycles. The minimum absolute atomic E-state index is 0.108. The largest absolute Gasteiger partial charge is 0.298 e. The standard InChI is InChI=1S/C28H37FN4OS/c1-18(32-10-4-3-5-11-32)26-30-31-27(33(26)24-8-6-23(29)7-9-24)35-19(2)25(34)28-15-20-12-21(16-28)14-22(13-20)17-28/h6-9,18-22H,3-5,10-17H2,1-2H3. The first-order valence-electron chi connectivity index (χ1n) is 13.6. The van der Waals surface area contributed by atoms with Gasteiger partial charge in [-0.15, -0.1) is 10.2 Å². The van der Waals surface area contributed by atoms with Crippen LogP contribution >= 0.6 is 11.8 Å². The van der Waals surface area contributed by atoms with E-state index < -0.39 is 0 Å². The van der Waals surface area contributed by atoms with Crippen LogP contribution in [-0.2, 0) is 4.79 Å². The summed E-state index contributed by atoms with van der Waals surface area (Å²) in [6, 6.07) is 6.67. The Morgan fingerprint density at radius 1 is 0.971 bits per heavy atom. The Morgan fingerprint density at radius 3 is 2.17 bits per heavy atom. The lowest BCUT2D eigenvalue weighted by Crippen LogP contribution is -2.51. The molecule has 5 aliphatic rings. The number of rotatable bonds is 7. The van der Waals surface area contributed by atoms with E-state index in [1.54, 1.807) is 12.1 Å². The Balaban J connectivity index is 1.29. The van der Waals surface area contributed by atoms with E-state index in [4.69, 9.17) is 0 Å². The van der Waals surface area contributed by atoms with Gasteiger partial charge in [0.05, 0.1) is 11.3 Å². The minimum atomic E-state index is -0.257. The highest BCUT2D eigenvalue weighted by molar-refractivity contribution is 8.00. The molecule has 35 heavy (non-hydrogen) atoms. The second-order valence-electron chi connectivity index (χ2n) is 11.7. The van der Waals surface area contributed by atoms with Crippen molar-refractivity contribution in [1.82, 2.24) is 19.7 Å². The number of hydrogen-bond acceptors (Lipinski definition) is 5. The maximum absolute atomic E-state index is 13.9. The minimum Gasteiger partial charge on any atom is -0.298 e. The molecule has 0 radical (unpaired) electrons. The fraction of sp³-hybridized carbons (Fsp3) is 0.679. The van der Waals surface area contributed by atoms with Gasteiger partial charge >= 0.3 is 0 Å². The van der Waals surface area contributed by atoms with Gasteiger partial charge in [0, 0.05) is 11.1 Å². The van der Waals surface area contributed by atoms with Gasteiger partial charge in [0.1, 0.15) is 5.82 Å². The maximum atomic E-state index is 13.9. The summed E-state index contributed by atoms with van der Waals surface area (Å²) in [5.74, 6) is 3.29. The molecule has 5 nitrogen and oxygen atoms in total. The Hall–Kier alpha value is -1.73. The number of carbonyl (C=O) groups excluding carboxylic acids is 1. The number of nitrogens with zero attached hydrogens (tertiary/aromatic N) is 4. The average molecular weight is 497 g/mol. The van der Waals surface area contributed by atoms with Crippen LogP contribution in [-0.4, -0.2) is 43.8 Å². The van der Waals surface area contributed by atoms with E-state index in [1.165, 1.54) is 62.4 Å². The highest BCUT2D eigenvalue weighted by atomic mass is 32.2. The number of halogens is 1. The number of piperidine rings is 1. The highest BCUT2D eigenvalue weighted by Gasteiger charge is 2.55. The van der Waals surface area contributed by atoms with Crippen LogP contribution in [0.4, 0.5) is 4.39 Å². The molecule has 2 unspecified atom stereocenters. The van der Waals surface area contributed by atoms with Crippen molar-refractivity contribution in [1.29, 1.82) is 0 Å². The van der Waals surface area contributed by atoms with Crippen molar-refractivity contribution in [3.63, 3.8) is 0 Å². The van der Waals surface area contributed by atoms with Crippen LogP contribution in [0.5, 0.6) is 0 Å². The van der Waals surface area contributed by atoms with E-state index in [0.717, 1.165) is 66.8 Å². The fourth-order valence-corrected chi connectivity index (χ4v) is 9.05. The molecule has 1 aromatic carbocycles. The van der Waals surface area contributed by atoms with Gasteiger partial charge in [-0.25, -0.2) is 4.39 Å². The molecule has 0 N–H and O–H groups in total. The summed E-state index contributed by atoms with van der Waals surface area (Å²) >= 11 is 1.54. The molecular weight excluding hydrogens is 459 g/mol. The van der Waals surface area contributed by atoms with Gasteiger partial charge in [0.15, 0.2) is 16.8 Å². The Bertz CT molecular complexity index is 1040. The van der Waals surface area contributed by atoms with Crippen molar-refractivity contribution < 1.29 is 9.18 Å². The molecule has 4 saturated carbocycles. The number of Topliss-reactive ketones (excluding diaryl/α,β-unsaturated/α-hetero) is 1. The third kappa shape index (κ3) is 4.37. The topological polar surface area (TPSA) is 51.0 Å². The molecule has 1 saturated heterocycles. The second kappa shape index (κ2) is 9.29. The van der Waals surface area contributed by atoms with Gasteiger partial charge in [-0.3, -0.25) is 14.3 Å². The lowest BCUT2D eigenvalue weighted by molar-refractivity contribution is -0.143. The predicted molar refractivity (Wildman–Crippen MR) is 136 cm³/mol. The lowest BCUT2D eigenvalue weighted by Gasteiger charge is -2.56. The zero-order valence-electron chi connectivity index (χ0n) is 21.0. The summed E-state index contributed by atoms with van der Waals surface area (Å²) in [5.41, 5.74) is 0.735. The number of benzene rings is 1. The van der Waals surface area contributed by atoms with Gasteiger partial charge in [-0.2, -0.15) is 0 Å². The number of aromatic nitrogens is 3. The van der Waals surface area contributed by atoms with Crippen LogP contribution in [0.3, 0.4) is 0 Å². The van der Waals surface area contributed by atoms with Crippen LogP contribution in [0.15, 0.2) is 29.4 Å². The van der Waals surface area contributed by atoms with Gasteiger partial charge in [0.25, 0.3) is 0 Å². The van der Waals surface area contributed by atoms with Crippen molar-refractivity contribution in [2.24, 2.45) is 23.2 Å². The molecule has 1 aliphatic heterocycles. The number of hydrogen-bond donors (Lipinski definition) is 0. The van der Waals surface area contributed by atoms with E-state index in [0.29, 0.717) is 5.78 Å². The SMILES string of the molecule is CC(Sc1nnc(C(C)N2CCCCC2)n1-c1ccc(F)cc1)C(=O)C12CC3CC(CC(C3)C1)C2. The van der Waals surface area contributed by atoms with Gasteiger partial charge in [-0.1, -0.05) is 18.2 Å². The van der Waals surface area contributed by atoms with Crippen molar-refractivity contribution in [2.45, 2.75) is 88.1 Å². The van der Waals surface area contributed by atoms with E-state index in [9.17, 15) is 9.18 Å². The van der Waals surface area contributed by atoms with Gasteiger partial charge < -0.3 is 0 Å². The summed E-state index contributed by atoms with van der Waals surface area (Å²) in [6.45, 7) is 6.36. The Morgan fingerprint density at radius 2 is 1.57 bits per heavy atom. The maximum Gasteiger partial charge on any atom is 0.196 e. The van der Waals surface area contributed by atoms with E-state index in [1.807, 2.05) is 0 Å². The van der Waals surface area contributed by atoms with Crippen LogP contribution in [0.25, 0.3) is 5.69 Å². The molecule has 7 heteroatoms. The predicted octanol–water partition coefficient (Wildman–Crippen LogP) is 6.22. The fourth-order valence-electron chi connectivity index (χ4n) is 7.99. The Labute approximate surface area is 212 Å². The summed E-state index contributed by atoms with van der Waals surface area (Å²) < 4.78 is 15.8. The average Bonchev–Trinajstić information content (AvgIpc) is 3.26. The molecule has 0 amide bonds. The lowest BCUT2D eigenvalue weighted by atomic mass is 9.48. The molecule has 2 aromatic rings. The molecule has 2 atom stereocenters. The number of ketones is 1. The molecular formula is C28H37FN4OS. The molecule has 7 rings (SSSR count). The quantitative estimate of drug-likeness (QED) is 0.426. The molecule has 1 aromatic heterocycles. The van der Waals surface area contributed by atoms with Gasteiger partial charge in [0.2, 0.25) is 0 Å². The van der Waals surface area contributed by atoms with Crippen molar-refractivity contribution in [3.05, 3.63) is 35.9 Å². The van der Waals surface area contributed by atoms with Crippen molar-refractivity contribution in [3.8, 4) is 5.69 Å². The first-order chi connectivity index (χ1) is 16.9. The van der Waals surface area contributed by atoms with Crippen molar-refractivity contribution >= 4 is 17.5 Å². The Kier molecular flexibility index (Phi) is 6.28. The normalized spacial score (nSPS) is 32.0. The van der Waals surface area contributed by atoms with Crippen LogP contribution < -0.4 is 0 Å². The second-order valence-corrected chi connectivity index (χ2v) is 13.1. The van der Waals surface area contributed by atoms with Gasteiger partial charge in [-0.05, 0) is 120 Å². The summed E-state index contributed by atoms with van der Waals surface area (Å²) in [5, 5.41) is 9.81. The smallest absolute Gasteiger partial charge is 0.196 e. The van der Waals surface area contributed by atoms with Crippen molar-refractivity contribution in [2.75, 3.05) is 13.1 Å². The first kappa shape index (κ1) is 23.7. The summed E-state index contributed by atoms with van der Waals surface area (Å²) in [6.07, 6.45) is 11.0. The summed E-state index contributed by atoms with van der Waals surface area (Å²) in [4.78, 5) is 16.4. The highest BCUT2D eigenvalue weighted by Crippen LogP contribution is 2.61.